The molecule has 0 aromatic heterocycles. The first-order chi connectivity index (χ1) is 10.6. The summed E-state index contributed by atoms with van der Waals surface area (Å²) in [7, 11) is 0. The van der Waals surface area contributed by atoms with Crippen LogP contribution in [0, 0.1) is 11.3 Å². The molecule has 1 saturated heterocycles. The first kappa shape index (κ1) is 14.6. The average molecular weight is 297 g/mol. The molecule has 3 rings (SSSR count). The molecule has 1 saturated carbocycles. The highest BCUT2D eigenvalue weighted by Crippen LogP contribution is 2.47. The predicted octanol–water partition coefficient (Wildman–Crippen LogP) is 1.59. The smallest absolute Gasteiger partial charge is 0.254 e. The van der Waals surface area contributed by atoms with Gasteiger partial charge >= 0.3 is 0 Å². The van der Waals surface area contributed by atoms with E-state index in [1.807, 2.05) is 19.1 Å². The molecule has 2 aliphatic rings. The molecule has 5 nitrogen and oxygen atoms in total. The van der Waals surface area contributed by atoms with Crippen LogP contribution < -0.4 is 5.32 Å². The minimum Gasteiger partial charge on any atom is -0.354 e. The Labute approximate surface area is 129 Å². The Morgan fingerprint density at radius 1 is 1.36 bits per heavy atom. The molecule has 5 heteroatoms. The fourth-order valence-corrected chi connectivity index (χ4v) is 2.98. The van der Waals surface area contributed by atoms with Gasteiger partial charge in [-0.25, -0.2) is 0 Å². The molecule has 22 heavy (non-hydrogen) atoms. The van der Waals surface area contributed by atoms with Gasteiger partial charge in [-0.1, -0.05) is 12.1 Å². The van der Waals surface area contributed by atoms with Gasteiger partial charge in [-0.05, 0) is 37.5 Å². The second-order valence-corrected chi connectivity index (χ2v) is 6.17. The monoisotopic (exact) mass is 297 g/mol. The summed E-state index contributed by atoms with van der Waals surface area (Å²) in [6.45, 7) is 2.91. The van der Waals surface area contributed by atoms with Crippen molar-refractivity contribution in [2.45, 2.75) is 37.6 Å². The van der Waals surface area contributed by atoms with Crippen molar-refractivity contribution in [2.75, 3.05) is 13.1 Å². The largest absolute Gasteiger partial charge is 0.354 e. The molecule has 2 amide bonds. The van der Waals surface area contributed by atoms with E-state index >= 15 is 0 Å². The van der Waals surface area contributed by atoms with E-state index in [2.05, 4.69) is 11.4 Å². The zero-order chi connectivity index (χ0) is 15.7. The molecule has 1 unspecified atom stereocenters. The molecule has 0 bridgehead atoms. The Hall–Kier alpha value is -2.35. The summed E-state index contributed by atoms with van der Waals surface area (Å²) in [5.74, 6) is -0.0693. The van der Waals surface area contributed by atoms with Gasteiger partial charge in [-0.2, -0.15) is 5.26 Å². The lowest BCUT2D eigenvalue weighted by atomic mass is 9.96. The molecule has 0 radical (unpaired) electrons. The molecular formula is C17H19N3O2. The fourth-order valence-electron chi connectivity index (χ4n) is 2.98. The van der Waals surface area contributed by atoms with E-state index in [4.69, 9.17) is 0 Å². The Balaban J connectivity index is 1.77. The first-order valence-corrected chi connectivity index (χ1v) is 7.65. The Morgan fingerprint density at radius 3 is 2.64 bits per heavy atom. The van der Waals surface area contributed by atoms with E-state index in [1.165, 1.54) is 0 Å². The minimum atomic E-state index is -0.326. The average Bonchev–Trinajstić information content (AvgIpc) is 3.33. The third-order valence-corrected chi connectivity index (χ3v) is 4.60. The van der Waals surface area contributed by atoms with Crippen LogP contribution in [-0.2, 0) is 10.2 Å². The molecule has 1 aliphatic carbocycles. The number of hydrogen-bond acceptors (Lipinski definition) is 3. The number of nitrogens with zero attached hydrogens (tertiary/aromatic N) is 2. The van der Waals surface area contributed by atoms with Crippen molar-refractivity contribution in [3.8, 4) is 6.07 Å². The van der Waals surface area contributed by atoms with Gasteiger partial charge < -0.3 is 10.2 Å². The van der Waals surface area contributed by atoms with E-state index < -0.39 is 0 Å². The maximum Gasteiger partial charge on any atom is 0.254 e. The van der Waals surface area contributed by atoms with Crippen molar-refractivity contribution >= 4 is 11.8 Å². The van der Waals surface area contributed by atoms with Crippen LogP contribution in [-0.4, -0.2) is 35.8 Å². The molecular weight excluding hydrogens is 278 g/mol. The van der Waals surface area contributed by atoms with Gasteiger partial charge in [-0.15, -0.1) is 0 Å². The number of carbonyl (C=O) groups excluding carboxylic acids is 2. The van der Waals surface area contributed by atoms with Crippen molar-refractivity contribution in [1.82, 2.24) is 10.2 Å². The maximum absolute atomic E-state index is 12.6. The fraction of sp³-hybridized carbons (Fsp3) is 0.471. The van der Waals surface area contributed by atoms with Crippen molar-refractivity contribution in [3.05, 3.63) is 35.4 Å². The van der Waals surface area contributed by atoms with Crippen LogP contribution in [0.4, 0.5) is 0 Å². The summed E-state index contributed by atoms with van der Waals surface area (Å²) in [6.07, 6.45) is 2.13. The van der Waals surface area contributed by atoms with Gasteiger partial charge in [0.05, 0.1) is 11.5 Å². The van der Waals surface area contributed by atoms with Crippen molar-refractivity contribution in [3.63, 3.8) is 0 Å². The molecule has 1 aromatic carbocycles. The van der Waals surface area contributed by atoms with Crippen LogP contribution in [0.15, 0.2) is 24.3 Å². The first-order valence-electron chi connectivity index (χ1n) is 7.65. The molecule has 1 heterocycles. The van der Waals surface area contributed by atoms with E-state index in [9.17, 15) is 14.9 Å². The van der Waals surface area contributed by atoms with Gasteiger partial charge in [0.2, 0.25) is 5.91 Å². The number of rotatable bonds is 2. The van der Waals surface area contributed by atoms with Crippen molar-refractivity contribution in [1.29, 1.82) is 5.26 Å². The summed E-state index contributed by atoms with van der Waals surface area (Å²) in [6, 6.07) is 9.61. The maximum atomic E-state index is 12.6. The molecule has 1 atom stereocenters. The van der Waals surface area contributed by atoms with E-state index in [0.717, 1.165) is 18.4 Å². The highest BCUT2D eigenvalue weighted by atomic mass is 16.2. The molecule has 2 fully saturated rings. The lowest BCUT2D eigenvalue weighted by molar-refractivity contribution is -0.121. The van der Waals surface area contributed by atoms with Gasteiger partial charge in [-0.3, -0.25) is 9.59 Å². The van der Waals surface area contributed by atoms with Gasteiger partial charge in [0.15, 0.2) is 0 Å². The number of nitrogens with one attached hydrogen (secondary N) is 1. The zero-order valence-corrected chi connectivity index (χ0v) is 12.6. The summed E-state index contributed by atoms with van der Waals surface area (Å²) >= 11 is 0. The standard InChI is InChI=1S/C17H19N3O2/c1-12-10-15(21)19-8-9-20(12)16(22)13-2-4-14(5-3-13)17(11-18)6-7-17/h2-5,12H,6-10H2,1H3,(H,19,21). The van der Waals surface area contributed by atoms with Gasteiger partial charge in [0, 0.05) is 31.1 Å². The quantitative estimate of drug-likeness (QED) is 0.901. The predicted molar refractivity (Wildman–Crippen MR) is 81.1 cm³/mol. The van der Waals surface area contributed by atoms with Crippen LogP contribution >= 0.6 is 0 Å². The molecule has 0 spiro atoms. The van der Waals surface area contributed by atoms with Crippen LogP contribution in [0.3, 0.4) is 0 Å². The number of amides is 2. The van der Waals surface area contributed by atoms with Crippen LogP contribution in [0.25, 0.3) is 0 Å². The summed E-state index contributed by atoms with van der Waals surface area (Å²) in [4.78, 5) is 25.9. The highest BCUT2D eigenvalue weighted by Gasteiger charge is 2.44. The Bertz CT molecular complexity index is 641. The number of carbonyl (C=O) groups is 2. The van der Waals surface area contributed by atoms with E-state index in [1.54, 1.807) is 17.0 Å². The Kier molecular flexibility index (Phi) is 3.61. The minimum absolute atomic E-state index is 0.0113. The van der Waals surface area contributed by atoms with Crippen LogP contribution in [0.1, 0.15) is 42.1 Å². The van der Waals surface area contributed by atoms with Crippen molar-refractivity contribution in [2.24, 2.45) is 0 Å². The van der Waals surface area contributed by atoms with E-state index in [0.29, 0.717) is 25.1 Å². The third kappa shape index (κ3) is 2.57. The van der Waals surface area contributed by atoms with Crippen LogP contribution in [0.2, 0.25) is 0 Å². The zero-order valence-electron chi connectivity index (χ0n) is 12.6. The molecule has 1 aliphatic heterocycles. The number of nitriles is 1. The molecule has 1 aromatic rings. The third-order valence-electron chi connectivity index (χ3n) is 4.60. The summed E-state index contributed by atoms with van der Waals surface area (Å²) in [5, 5.41) is 12.0. The normalized spacial score (nSPS) is 23.2. The SMILES string of the molecule is CC1CC(=O)NCCN1C(=O)c1ccc(C2(C#N)CC2)cc1. The summed E-state index contributed by atoms with van der Waals surface area (Å²) < 4.78 is 0. The van der Waals surface area contributed by atoms with Gasteiger partial charge in [0.25, 0.3) is 5.91 Å². The summed E-state index contributed by atoms with van der Waals surface area (Å²) in [5.41, 5.74) is 1.28. The number of benzene rings is 1. The second-order valence-electron chi connectivity index (χ2n) is 6.17. The van der Waals surface area contributed by atoms with Crippen molar-refractivity contribution < 1.29 is 9.59 Å². The lowest BCUT2D eigenvalue weighted by Crippen LogP contribution is -2.39. The molecule has 1 N–H and O–H groups in total. The molecule has 114 valence electrons. The van der Waals surface area contributed by atoms with E-state index in [-0.39, 0.29) is 23.3 Å². The highest BCUT2D eigenvalue weighted by molar-refractivity contribution is 5.95. The van der Waals surface area contributed by atoms with Crippen LogP contribution in [0.5, 0.6) is 0 Å². The lowest BCUT2D eigenvalue weighted by Gasteiger charge is -2.26. The topological polar surface area (TPSA) is 73.2 Å². The van der Waals surface area contributed by atoms with Gasteiger partial charge in [0.1, 0.15) is 0 Å². The number of hydrogen-bond donors (Lipinski definition) is 1. The second kappa shape index (κ2) is 5.45. The Morgan fingerprint density at radius 2 is 2.05 bits per heavy atom.